The molecule has 0 unspecified atom stereocenters. The zero-order valence-corrected chi connectivity index (χ0v) is 15.9. The fourth-order valence-corrected chi connectivity index (χ4v) is 3.58. The van der Waals surface area contributed by atoms with Gasteiger partial charge in [-0.2, -0.15) is 0 Å². The Hall–Kier alpha value is -2.48. The maximum Gasteiger partial charge on any atom is 0.232 e. The molecule has 26 heavy (non-hydrogen) atoms. The van der Waals surface area contributed by atoms with Crippen LogP contribution in [0.15, 0.2) is 42.6 Å². The van der Waals surface area contributed by atoms with Crippen molar-refractivity contribution in [3.05, 3.63) is 42.6 Å². The molecule has 3 rings (SSSR count). The van der Waals surface area contributed by atoms with Crippen molar-refractivity contribution >= 4 is 27.2 Å². The maximum atomic E-state index is 11.6. The number of hydrogen-bond acceptors (Lipinski definition) is 6. The molecular weight excluding hydrogens is 352 g/mol. The van der Waals surface area contributed by atoms with Crippen molar-refractivity contribution in [2.24, 2.45) is 0 Å². The fourth-order valence-electron chi connectivity index (χ4n) is 2.95. The summed E-state index contributed by atoms with van der Waals surface area (Å²) in [5.74, 6) is 1.77. The smallest absolute Gasteiger partial charge is 0.232 e. The number of ether oxygens (including phenoxy) is 1. The lowest BCUT2D eigenvalue weighted by molar-refractivity contribution is 0.413. The standard InChI is InChI=1S/C18H24N4O3S/c1-3-26(23,24)20-15-8-9-18(19-14-15)22-12-10-21(11-13-22)16-6-4-5-7-17(16)25-2/h4-9,14,20H,3,10-13H2,1-2H3. The lowest BCUT2D eigenvalue weighted by atomic mass is 10.2. The van der Waals surface area contributed by atoms with Gasteiger partial charge in [-0.05, 0) is 31.2 Å². The van der Waals surface area contributed by atoms with Crippen molar-refractivity contribution in [3.8, 4) is 5.75 Å². The third-order valence-corrected chi connectivity index (χ3v) is 5.74. The van der Waals surface area contributed by atoms with Crippen LogP contribution in [-0.2, 0) is 10.0 Å². The zero-order chi connectivity index (χ0) is 18.6. The largest absolute Gasteiger partial charge is 0.495 e. The molecule has 7 nitrogen and oxygen atoms in total. The minimum atomic E-state index is -3.28. The van der Waals surface area contributed by atoms with Crippen LogP contribution in [0, 0.1) is 0 Å². The molecule has 0 saturated carbocycles. The van der Waals surface area contributed by atoms with Gasteiger partial charge in [0.2, 0.25) is 10.0 Å². The second-order valence-electron chi connectivity index (χ2n) is 6.06. The Balaban J connectivity index is 1.63. The fraction of sp³-hybridized carbons (Fsp3) is 0.389. The van der Waals surface area contributed by atoms with E-state index in [1.54, 1.807) is 26.3 Å². The molecule has 2 aromatic rings. The summed E-state index contributed by atoms with van der Waals surface area (Å²) < 4.78 is 31.2. The van der Waals surface area contributed by atoms with E-state index in [1.807, 2.05) is 24.3 Å². The predicted octanol–water partition coefficient (Wildman–Crippen LogP) is 2.18. The summed E-state index contributed by atoms with van der Waals surface area (Å²) in [6.07, 6.45) is 1.56. The Morgan fingerprint density at radius 1 is 1.08 bits per heavy atom. The molecule has 1 aliphatic heterocycles. The van der Waals surface area contributed by atoms with Gasteiger partial charge in [0.25, 0.3) is 0 Å². The van der Waals surface area contributed by atoms with E-state index in [-0.39, 0.29) is 5.75 Å². The number of pyridine rings is 1. The molecular formula is C18H24N4O3S. The van der Waals surface area contributed by atoms with Gasteiger partial charge < -0.3 is 14.5 Å². The van der Waals surface area contributed by atoms with E-state index in [0.717, 1.165) is 43.4 Å². The van der Waals surface area contributed by atoms with Crippen molar-refractivity contribution in [1.82, 2.24) is 4.98 Å². The molecule has 140 valence electrons. The number of anilines is 3. The molecule has 1 aromatic heterocycles. The Morgan fingerprint density at radius 3 is 2.38 bits per heavy atom. The highest BCUT2D eigenvalue weighted by Gasteiger charge is 2.20. The third-order valence-electron chi connectivity index (χ3n) is 4.43. The van der Waals surface area contributed by atoms with Crippen LogP contribution in [0.1, 0.15) is 6.92 Å². The normalized spacial score (nSPS) is 15.0. The summed E-state index contributed by atoms with van der Waals surface area (Å²) in [4.78, 5) is 8.91. The van der Waals surface area contributed by atoms with Crippen LogP contribution in [0.2, 0.25) is 0 Å². The van der Waals surface area contributed by atoms with Gasteiger partial charge in [0, 0.05) is 26.2 Å². The maximum absolute atomic E-state index is 11.6. The quantitative estimate of drug-likeness (QED) is 0.833. The van der Waals surface area contributed by atoms with Gasteiger partial charge in [-0.15, -0.1) is 0 Å². The molecule has 8 heteroatoms. The number of piperazine rings is 1. The van der Waals surface area contributed by atoms with Crippen molar-refractivity contribution in [3.63, 3.8) is 0 Å². The highest BCUT2D eigenvalue weighted by atomic mass is 32.2. The Morgan fingerprint density at radius 2 is 1.77 bits per heavy atom. The van der Waals surface area contributed by atoms with E-state index >= 15 is 0 Å². The molecule has 0 bridgehead atoms. The number of para-hydroxylation sites is 2. The minimum absolute atomic E-state index is 0.0413. The molecule has 1 saturated heterocycles. The lowest BCUT2D eigenvalue weighted by Gasteiger charge is -2.37. The van der Waals surface area contributed by atoms with Crippen molar-refractivity contribution < 1.29 is 13.2 Å². The number of nitrogens with one attached hydrogen (secondary N) is 1. The first-order valence-electron chi connectivity index (χ1n) is 8.62. The molecule has 1 aromatic carbocycles. The average molecular weight is 376 g/mol. The molecule has 0 atom stereocenters. The lowest BCUT2D eigenvalue weighted by Crippen LogP contribution is -2.46. The number of benzene rings is 1. The molecule has 0 radical (unpaired) electrons. The van der Waals surface area contributed by atoms with Crippen LogP contribution in [0.4, 0.5) is 17.2 Å². The summed E-state index contributed by atoms with van der Waals surface area (Å²) in [7, 11) is -1.59. The molecule has 0 spiro atoms. The van der Waals surface area contributed by atoms with E-state index < -0.39 is 10.0 Å². The van der Waals surface area contributed by atoms with E-state index in [2.05, 4.69) is 25.6 Å². The number of hydrogen-bond donors (Lipinski definition) is 1. The van der Waals surface area contributed by atoms with Gasteiger partial charge in [-0.25, -0.2) is 13.4 Å². The topological polar surface area (TPSA) is 74.8 Å². The second-order valence-corrected chi connectivity index (χ2v) is 8.07. The number of aromatic nitrogens is 1. The van der Waals surface area contributed by atoms with Crippen molar-refractivity contribution in [1.29, 1.82) is 0 Å². The summed E-state index contributed by atoms with van der Waals surface area (Å²) >= 11 is 0. The van der Waals surface area contributed by atoms with E-state index in [9.17, 15) is 8.42 Å². The van der Waals surface area contributed by atoms with Crippen LogP contribution in [0.5, 0.6) is 5.75 Å². The highest BCUT2D eigenvalue weighted by Crippen LogP contribution is 2.29. The Labute approximate surface area is 154 Å². The van der Waals surface area contributed by atoms with Crippen LogP contribution in [0.25, 0.3) is 0 Å². The molecule has 2 heterocycles. The van der Waals surface area contributed by atoms with Gasteiger partial charge in [0.15, 0.2) is 0 Å². The van der Waals surface area contributed by atoms with Gasteiger partial charge in [0.05, 0.1) is 30.4 Å². The van der Waals surface area contributed by atoms with Crippen LogP contribution in [0.3, 0.4) is 0 Å². The predicted molar refractivity (Wildman–Crippen MR) is 105 cm³/mol. The highest BCUT2D eigenvalue weighted by molar-refractivity contribution is 7.92. The van der Waals surface area contributed by atoms with E-state index in [1.165, 1.54) is 0 Å². The van der Waals surface area contributed by atoms with Gasteiger partial charge >= 0.3 is 0 Å². The first kappa shape index (κ1) is 18.3. The van der Waals surface area contributed by atoms with Crippen LogP contribution in [-0.4, -0.2) is 52.4 Å². The summed E-state index contributed by atoms with van der Waals surface area (Å²) in [5, 5.41) is 0. The molecule has 1 aliphatic rings. The number of nitrogens with zero attached hydrogens (tertiary/aromatic N) is 3. The minimum Gasteiger partial charge on any atom is -0.495 e. The summed E-state index contributed by atoms with van der Waals surface area (Å²) in [6, 6.07) is 11.6. The van der Waals surface area contributed by atoms with Crippen LogP contribution < -0.4 is 19.3 Å². The molecule has 1 fully saturated rings. The Kier molecular flexibility index (Phi) is 5.51. The number of rotatable bonds is 6. The molecule has 1 N–H and O–H groups in total. The Bertz CT molecular complexity index is 832. The molecule has 0 amide bonds. The third kappa shape index (κ3) is 4.19. The zero-order valence-electron chi connectivity index (χ0n) is 15.1. The van der Waals surface area contributed by atoms with Crippen molar-refractivity contribution in [2.75, 3.05) is 53.6 Å². The first-order chi connectivity index (χ1) is 12.5. The summed E-state index contributed by atoms with van der Waals surface area (Å²) in [6.45, 7) is 5.01. The summed E-state index contributed by atoms with van der Waals surface area (Å²) in [5.41, 5.74) is 1.59. The second kappa shape index (κ2) is 7.82. The van der Waals surface area contributed by atoms with Crippen molar-refractivity contribution in [2.45, 2.75) is 6.92 Å². The monoisotopic (exact) mass is 376 g/mol. The number of methoxy groups -OCH3 is 1. The SMILES string of the molecule is CCS(=O)(=O)Nc1ccc(N2CCN(c3ccccc3OC)CC2)nc1. The van der Waals surface area contributed by atoms with E-state index in [4.69, 9.17) is 4.74 Å². The molecule has 0 aliphatic carbocycles. The van der Waals surface area contributed by atoms with E-state index in [0.29, 0.717) is 5.69 Å². The van der Waals surface area contributed by atoms with Gasteiger partial charge in [-0.3, -0.25) is 4.72 Å². The van der Waals surface area contributed by atoms with Crippen LogP contribution >= 0.6 is 0 Å². The number of sulfonamides is 1. The van der Waals surface area contributed by atoms with Gasteiger partial charge in [0.1, 0.15) is 11.6 Å². The first-order valence-corrected chi connectivity index (χ1v) is 10.3. The van der Waals surface area contributed by atoms with Gasteiger partial charge in [-0.1, -0.05) is 12.1 Å². The average Bonchev–Trinajstić information content (AvgIpc) is 2.68.